The minimum absolute atomic E-state index is 0.876. The molecule has 2 fully saturated rings. The molecule has 6 nitrogen and oxygen atoms in total. The lowest BCUT2D eigenvalue weighted by Gasteiger charge is -2.36. The van der Waals surface area contributed by atoms with Crippen LogP contribution >= 0.6 is 0 Å². The van der Waals surface area contributed by atoms with Crippen molar-refractivity contribution in [3.8, 4) is 5.75 Å². The van der Waals surface area contributed by atoms with Crippen LogP contribution in [0.15, 0.2) is 30.3 Å². The van der Waals surface area contributed by atoms with E-state index in [1.54, 1.807) is 7.11 Å². The Labute approximate surface area is 155 Å². The van der Waals surface area contributed by atoms with E-state index in [1.165, 1.54) is 18.5 Å². The first-order valence-electron chi connectivity index (χ1n) is 9.47. The van der Waals surface area contributed by atoms with Gasteiger partial charge in [-0.1, -0.05) is 0 Å². The Balaban J connectivity index is 1.44. The van der Waals surface area contributed by atoms with E-state index in [2.05, 4.69) is 39.8 Å². The van der Waals surface area contributed by atoms with Crippen molar-refractivity contribution in [2.24, 2.45) is 0 Å². The molecule has 2 aromatic rings. The molecule has 0 unspecified atom stereocenters. The van der Waals surface area contributed by atoms with Crippen molar-refractivity contribution < 1.29 is 4.74 Å². The van der Waals surface area contributed by atoms with E-state index in [0.29, 0.717) is 0 Å². The summed E-state index contributed by atoms with van der Waals surface area (Å²) in [5.41, 5.74) is 2.29. The maximum atomic E-state index is 5.25. The third-order valence-corrected chi connectivity index (χ3v) is 5.26. The lowest BCUT2D eigenvalue weighted by Crippen LogP contribution is -2.47. The second-order valence-corrected chi connectivity index (χ2v) is 7.03. The van der Waals surface area contributed by atoms with Gasteiger partial charge in [0.05, 0.1) is 7.11 Å². The van der Waals surface area contributed by atoms with Crippen LogP contribution in [0.1, 0.15) is 18.5 Å². The number of aryl methyl sites for hydroxylation is 1. The van der Waals surface area contributed by atoms with E-state index >= 15 is 0 Å². The zero-order valence-electron chi connectivity index (χ0n) is 15.7. The molecule has 3 heterocycles. The Kier molecular flexibility index (Phi) is 4.82. The van der Waals surface area contributed by atoms with Crippen molar-refractivity contribution in [3.63, 3.8) is 0 Å². The van der Waals surface area contributed by atoms with Gasteiger partial charge in [0.25, 0.3) is 0 Å². The molecule has 2 aliphatic heterocycles. The Morgan fingerprint density at radius 2 is 1.46 bits per heavy atom. The lowest BCUT2D eigenvalue weighted by molar-refractivity contribution is 0.415. The molecule has 0 bridgehead atoms. The third-order valence-electron chi connectivity index (χ3n) is 5.26. The second kappa shape index (κ2) is 7.40. The van der Waals surface area contributed by atoms with Gasteiger partial charge in [0.1, 0.15) is 11.6 Å². The number of methoxy groups -OCH3 is 1. The first kappa shape index (κ1) is 16.9. The first-order valence-corrected chi connectivity index (χ1v) is 9.47. The fourth-order valence-corrected chi connectivity index (χ4v) is 3.74. The maximum Gasteiger partial charge on any atom is 0.227 e. The van der Waals surface area contributed by atoms with Crippen LogP contribution in [0.5, 0.6) is 5.75 Å². The summed E-state index contributed by atoms with van der Waals surface area (Å²) >= 11 is 0. The van der Waals surface area contributed by atoms with Crippen LogP contribution in [0.2, 0.25) is 0 Å². The predicted octanol–water partition coefficient (Wildman–Crippen LogP) is 2.72. The molecular weight excluding hydrogens is 326 g/mol. The van der Waals surface area contributed by atoms with Crippen LogP contribution in [0.3, 0.4) is 0 Å². The minimum atomic E-state index is 0.876. The van der Waals surface area contributed by atoms with Gasteiger partial charge in [0.2, 0.25) is 5.95 Å². The predicted molar refractivity (Wildman–Crippen MR) is 106 cm³/mol. The first-order chi connectivity index (χ1) is 12.7. The number of benzene rings is 1. The molecule has 6 heteroatoms. The van der Waals surface area contributed by atoms with Gasteiger partial charge >= 0.3 is 0 Å². The van der Waals surface area contributed by atoms with E-state index in [4.69, 9.17) is 14.7 Å². The van der Waals surface area contributed by atoms with E-state index in [9.17, 15) is 0 Å². The zero-order valence-corrected chi connectivity index (χ0v) is 15.7. The third kappa shape index (κ3) is 3.54. The summed E-state index contributed by atoms with van der Waals surface area (Å²) in [6.45, 7) is 8.12. The van der Waals surface area contributed by atoms with Gasteiger partial charge in [-0.15, -0.1) is 0 Å². The molecule has 0 N–H and O–H groups in total. The van der Waals surface area contributed by atoms with Crippen LogP contribution in [0.4, 0.5) is 17.5 Å². The number of rotatable bonds is 4. The molecule has 0 saturated carbocycles. The van der Waals surface area contributed by atoms with Crippen LogP contribution in [0.25, 0.3) is 0 Å². The second-order valence-electron chi connectivity index (χ2n) is 7.03. The van der Waals surface area contributed by atoms with Crippen molar-refractivity contribution in [3.05, 3.63) is 36.0 Å². The molecule has 0 amide bonds. The van der Waals surface area contributed by atoms with Crippen LogP contribution < -0.4 is 19.4 Å². The van der Waals surface area contributed by atoms with Crippen LogP contribution in [-0.2, 0) is 0 Å². The van der Waals surface area contributed by atoms with Crippen molar-refractivity contribution in [1.29, 1.82) is 0 Å². The molecule has 26 heavy (non-hydrogen) atoms. The Hall–Kier alpha value is -2.50. The summed E-state index contributed by atoms with van der Waals surface area (Å²) in [4.78, 5) is 16.7. The molecule has 0 aliphatic carbocycles. The van der Waals surface area contributed by atoms with Gasteiger partial charge in [-0.05, 0) is 44.0 Å². The van der Waals surface area contributed by atoms with E-state index in [0.717, 1.165) is 62.5 Å². The summed E-state index contributed by atoms with van der Waals surface area (Å²) in [6.07, 6.45) is 2.53. The number of ether oxygens (including phenoxy) is 1. The largest absolute Gasteiger partial charge is 0.497 e. The summed E-state index contributed by atoms with van der Waals surface area (Å²) in [5.74, 6) is 2.86. The minimum Gasteiger partial charge on any atom is -0.497 e. The molecule has 0 spiro atoms. The van der Waals surface area contributed by atoms with Crippen molar-refractivity contribution in [2.45, 2.75) is 19.8 Å². The summed E-state index contributed by atoms with van der Waals surface area (Å²) in [5, 5.41) is 0. The fourth-order valence-electron chi connectivity index (χ4n) is 3.74. The Morgan fingerprint density at radius 1 is 0.808 bits per heavy atom. The average molecular weight is 353 g/mol. The van der Waals surface area contributed by atoms with Gasteiger partial charge in [0.15, 0.2) is 0 Å². The zero-order chi connectivity index (χ0) is 17.9. The highest BCUT2D eigenvalue weighted by molar-refractivity contribution is 5.52. The molecule has 1 aromatic carbocycles. The van der Waals surface area contributed by atoms with Crippen molar-refractivity contribution >= 4 is 17.5 Å². The average Bonchev–Trinajstić information content (AvgIpc) is 3.23. The highest BCUT2D eigenvalue weighted by Gasteiger charge is 2.21. The topological polar surface area (TPSA) is 44.7 Å². The number of nitrogens with zero attached hydrogens (tertiary/aromatic N) is 5. The molecule has 0 atom stereocenters. The van der Waals surface area contributed by atoms with Gasteiger partial charge in [-0.25, -0.2) is 4.98 Å². The van der Waals surface area contributed by atoms with Crippen molar-refractivity contribution in [1.82, 2.24) is 9.97 Å². The number of hydrogen-bond donors (Lipinski definition) is 0. The number of hydrogen-bond acceptors (Lipinski definition) is 6. The summed E-state index contributed by atoms with van der Waals surface area (Å²) in [7, 11) is 1.70. The highest BCUT2D eigenvalue weighted by Crippen LogP contribution is 2.24. The Bertz CT molecular complexity index is 734. The monoisotopic (exact) mass is 353 g/mol. The molecule has 2 aliphatic rings. The highest BCUT2D eigenvalue weighted by atomic mass is 16.5. The quantitative estimate of drug-likeness (QED) is 0.842. The SMILES string of the molecule is COc1ccc(N2CCN(c3nc(C)cc(N4CCCC4)n3)CC2)cc1. The van der Waals surface area contributed by atoms with Crippen LogP contribution in [-0.4, -0.2) is 56.3 Å². The van der Waals surface area contributed by atoms with Gasteiger partial charge in [0, 0.05) is 56.7 Å². The number of aromatic nitrogens is 2. The maximum absolute atomic E-state index is 5.25. The fraction of sp³-hybridized carbons (Fsp3) is 0.500. The summed E-state index contributed by atoms with van der Waals surface area (Å²) in [6, 6.07) is 10.4. The van der Waals surface area contributed by atoms with E-state index in [1.807, 2.05) is 12.1 Å². The standard InChI is InChI=1S/C20H27N5O/c1-16-15-19(24-9-3-4-10-24)22-20(21-16)25-13-11-23(12-14-25)17-5-7-18(26-2)8-6-17/h5-8,15H,3-4,9-14H2,1-2H3. The molecule has 138 valence electrons. The molecule has 4 rings (SSSR count). The van der Waals surface area contributed by atoms with Gasteiger partial charge in [-0.2, -0.15) is 4.98 Å². The molecule has 0 radical (unpaired) electrons. The van der Waals surface area contributed by atoms with Gasteiger partial charge < -0.3 is 19.4 Å². The van der Waals surface area contributed by atoms with E-state index in [-0.39, 0.29) is 0 Å². The summed E-state index contributed by atoms with van der Waals surface area (Å²) < 4.78 is 5.25. The number of piperazine rings is 1. The number of anilines is 3. The molecule has 1 aromatic heterocycles. The van der Waals surface area contributed by atoms with Gasteiger partial charge in [-0.3, -0.25) is 0 Å². The lowest BCUT2D eigenvalue weighted by atomic mass is 10.2. The molecular formula is C20H27N5O. The van der Waals surface area contributed by atoms with Crippen LogP contribution in [0, 0.1) is 6.92 Å². The van der Waals surface area contributed by atoms with E-state index < -0.39 is 0 Å². The Morgan fingerprint density at radius 3 is 2.12 bits per heavy atom. The smallest absolute Gasteiger partial charge is 0.227 e. The van der Waals surface area contributed by atoms with Crippen molar-refractivity contribution in [2.75, 3.05) is 61.1 Å². The molecule has 2 saturated heterocycles. The normalized spacial score (nSPS) is 17.7.